The maximum atomic E-state index is 7.08. The molecule has 64 valence electrons. The quantitative estimate of drug-likeness (QED) is 0.659. The van der Waals surface area contributed by atoms with Gasteiger partial charge >= 0.3 is 0 Å². The van der Waals surface area contributed by atoms with Crippen molar-refractivity contribution >= 4 is 6.21 Å². The Morgan fingerprint density at radius 3 is 2.33 bits per heavy atom. The van der Waals surface area contributed by atoms with Crippen molar-refractivity contribution in [1.82, 2.24) is 0 Å². The lowest BCUT2D eigenvalue weighted by Crippen LogP contribution is -2.16. The predicted octanol–water partition coefficient (Wildman–Crippen LogP) is 3.00. The minimum Gasteiger partial charge on any atom is -0.313 e. The first-order valence-corrected chi connectivity index (χ1v) is 4.21. The Kier molecular flexibility index (Phi) is 2.64. The van der Waals surface area contributed by atoms with E-state index in [1.54, 1.807) is 0 Å². The second kappa shape index (κ2) is 3.53. The van der Waals surface area contributed by atoms with Crippen LogP contribution in [0.25, 0.3) is 0 Å². The van der Waals surface area contributed by atoms with Crippen molar-refractivity contribution in [3.05, 3.63) is 35.9 Å². The second-order valence-electron chi connectivity index (χ2n) is 3.66. The van der Waals surface area contributed by atoms with Crippen molar-refractivity contribution in [1.29, 1.82) is 5.41 Å². The van der Waals surface area contributed by atoms with E-state index in [2.05, 4.69) is 26.0 Å². The Labute approximate surface area is 73.9 Å². The Morgan fingerprint density at radius 2 is 1.83 bits per heavy atom. The molecule has 0 heterocycles. The Bertz CT molecular complexity index is 249. The summed E-state index contributed by atoms with van der Waals surface area (Å²) in [5.74, 6) is 0. The van der Waals surface area contributed by atoms with Gasteiger partial charge < -0.3 is 5.41 Å². The highest BCUT2D eigenvalue weighted by Crippen LogP contribution is 2.25. The van der Waals surface area contributed by atoms with E-state index in [0.29, 0.717) is 0 Å². The van der Waals surface area contributed by atoms with Crippen LogP contribution < -0.4 is 0 Å². The average Bonchev–Trinajstić information content (AvgIpc) is 2.06. The molecule has 1 rings (SSSR count). The zero-order chi connectivity index (χ0) is 9.03. The molecule has 0 unspecified atom stereocenters. The van der Waals surface area contributed by atoms with Crippen LogP contribution in [-0.2, 0) is 5.41 Å². The van der Waals surface area contributed by atoms with Crippen LogP contribution in [0.5, 0.6) is 0 Å². The fourth-order valence-corrected chi connectivity index (χ4v) is 1.26. The van der Waals surface area contributed by atoms with Crippen LogP contribution in [-0.4, -0.2) is 6.21 Å². The highest BCUT2D eigenvalue weighted by Gasteiger charge is 2.17. The van der Waals surface area contributed by atoms with Crippen molar-refractivity contribution in [3.63, 3.8) is 0 Å². The van der Waals surface area contributed by atoms with Crippen LogP contribution in [0.15, 0.2) is 30.3 Å². The minimum absolute atomic E-state index is 0.100. The van der Waals surface area contributed by atoms with Gasteiger partial charge in [-0.2, -0.15) is 0 Å². The summed E-state index contributed by atoms with van der Waals surface area (Å²) >= 11 is 0. The number of benzene rings is 1. The molecule has 1 aromatic rings. The number of rotatable bonds is 3. The van der Waals surface area contributed by atoms with Gasteiger partial charge in [-0.05, 0) is 23.6 Å². The number of nitrogens with one attached hydrogen (secondary N) is 1. The van der Waals surface area contributed by atoms with E-state index in [-0.39, 0.29) is 5.41 Å². The molecule has 0 saturated heterocycles. The fourth-order valence-electron chi connectivity index (χ4n) is 1.26. The second-order valence-corrected chi connectivity index (χ2v) is 3.66. The predicted molar refractivity (Wildman–Crippen MR) is 52.9 cm³/mol. The van der Waals surface area contributed by atoms with E-state index < -0.39 is 0 Å². The molecule has 1 heteroatoms. The highest BCUT2D eigenvalue weighted by atomic mass is 14.3. The zero-order valence-electron chi connectivity index (χ0n) is 7.67. The average molecular weight is 161 g/mol. The van der Waals surface area contributed by atoms with E-state index in [0.717, 1.165) is 6.42 Å². The van der Waals surface area contributed by atoms with Gasteiger partial charge in [0.05, 0.1) is 0 Å². The molecule has 0 aromatic heterocycles. The summed E-state index contributed by atoms with van der Waals surface area (Å²) in [6.07, 6.45) is 2.28. The molecular weight excluding hydrogens is 146 g/mol. The molecule has 0 aliphatic carbocycles. The molecule has 0 fully saturated rings. The third kappa shape index (κ3) is 1.94. The van der Waals surface area contributed by atoms with Gasteiger partial charge in [-0.15, -0.1) is 0 Å². The van der Waals surface area contributed by atoms with Crippen LogP contribution in [0.4, 0.5) is 0 Å². The SMILES string of the molecule is CC(C)(CC=N)c1ccccc1. The zero-order valence-corrected chi connectivity index (χ0v) is 7.67. The maximum absolute atomic E-state index is 7.08. The van der Waals surface area contributed by atoms with Crippen LogP contribution in [0.1, 0.15) is 25.8 Å². The Hall–Kier alpha value is -1.11. The first kappa shape index (κ1) is 8.98. The minimum atomic E-state index is 0.100. The summed E-state index contributed by atoms with van der Waals surface area (Å²) in [6.45, 7) is 4.32. The van der Waals surface area contributed by atoms with Gasteiger partial charge in [0, 0.05) is 0 Å². The van der Waals surface area contributed by atoms with Crippen molar-refractivity contribution < 1.29 is 0 Å². The van der Waals surface area contributed by atoms with Gasteiger partial charge in [-0.1, -0.05) is 44.2 Å². The van der Waals surface area contributed by atoms with E-state index in [1.165, 1.54) is 11.8 Å². The van der Waals surface area contributed by atoms with E-state index in [1.807, 2.05) is 18.2 Å². The van der Waals surface area contributed by atoms with Crippen molar-refractivity contribution in [2.75, 3.05) is 0 Å². The molecule has 0 saturated carbocycles. The number of hydrogen-bond donors (Lipinski definition) is 1. The van der Waals surface area contributed by atoms with Gasteiger partial charge in [-0.3, -0.25) is 0 Å². The van der Waals surface area contributed by atoms with Crippen molar-refractivity contribution in [2.45, 2.75) is 25.7 Å². The first-order chi connectivity index (χ1) is 5.67. The first-order valence-electron chi connectivity index (χ1n) is 4.21. The summed E-state index contributed by atoms with van der Waals surface area (Å²) in [6, 6.07) is 10.3. The van der Waals surface area contributed by atoms with Gasteiger partial charge in [0.25, 0.3) is 0 Å². The highest BCUT2D eigenvalue weighted by molar-refractivity contribution is 5.56. The third-order valence-corrected chi connectivity index (χ3v) is 2.17. The van der Waals surface area contributed by atoms with Crippen LogP contribution in [0.3, 0.4) is 0 Å². The molecule has 0 amide bonds. The van der Waals surface area contributed by atoms with Gasteiger partial charge in [0.2, 0.25) is 0 Å². The maximum Gasteiger partial charge on any atom is -0.00391 e. The van der Waals surface area contributed by atoms with Crippen molar-refractivity contribution in [2.24, 2.45) is 0 Å². The molecule has 1 nitrogen and oxygen atoms in total. The van der Waals surface area contributed by atoms with Gasteiger partial charge in [-0.25, -0.2) is 0 Å². The lowest BCUT2D eigenvalue weighted by Gasteiger charge is -2.22. The molecule has 0 bridgehead atoms. The molecule has 1 N–H and O–H groups in total. The molecular formula is C11H15N. The molecule has 0 radical (unpaired) electrons. The van der Waals surface area contributed by atoms with Crippen LogP contribution in [0.2, 0.25) is 0 Å². The molecule has 0 aliphatic rings. The standard InChI is InChI=1S/C11H15N/c1-11(2,8-9-12)10-6-4-3-5-7-10/h3-7,9,12H,8H2,1-2H3. The van der Waals surface area contributed by atoms with E-state index in [9.17, 15) is 0 Å². The van der Waals surface area contributed by atoms with Gasteiger partial charge in [0.15, 0.2) is 0 Å². The normalized spacial score (nSPS) is 11.2. The van der Waals surface area contributed by atoms with E-state index >= 15 is 0 Å². The Morgan fingerprint density at radius 1 is 1.25 bits per heavy atom. The fraction of sp³-hybridized carbons (Fsp3) is 0.364. The lowest BCUT2D eigenvalue weighted by atomic mass is 9.82. The summed E-state index contributed by atoms with van der Waals surface area (Å²) in [7, 11) is 0. The molecule has 1 aromatic carbocycles. The number of hydrogen-bond acceptors (Lipinski definition) is 1. The summed E-state index contributed by atoms with van der Waals surface area (Å²) in [4.78, 5) is 0. The smallest absolute Gasteiger partial charge is 0.00391 e. The van der Waals surface area contributed by atoms with Crippen molar-refractivity contribution in [3.8, 4) is 0 Å². The summed E-state index contributed by atoms with van der Waals surface area (Å²) < 4.78 is 0. The monoisotopic (exact) mass is 161 g/mol. The molecule has 0 spiro atoms. The molecule has 12 heavy (non-hydrogen) atoms. The molecule has 0 aliphatic heterocycles. The summed E-state index contributed by atoms with van der Waals surface area (Å²) in [5.41, 5.74) is 1.40. The molecule has 0 atom stereocenters. The third-order valence-electron chi connectivity index (χ3n) is 2.17. The largest absolute Gasteiger partial charge is 0.313 e. The lowest BCUT2D eigenvalue weighted by molar-refractivity contribution is 0.553. The van der Waals surface area contributed by atoms with Gasteiger partial charge in [0.1, 0.15) is 0 Å². The summed E-state index contributed by atoms with van der Waals surface area (Å²) in [5, 5.41) is 7.08. The van der Waals surface area contributed by atoms with Crippen LogP contribution in [0, 0.1) is 5.41 Å². The van der Waals surface area contributed by atoms with Crippen LogP contribution >= 0.6 is 0 Å². The topological polar surface area (TPSA) is 23.9 Å². The van der Waals surface area contributed by atoms with E-state index in [4.69, 9.17) is 5.41 Å². The Balaban J connectivity index is 2.89.